The zero-order valence-corrected chi connectivity index (χ0v) is 13.4. The molecule has 0 spiro atoms. The van der Waals surface area contributed by atoms with E-state index < -0.39 is 0 Å². The number of imidazole rings is 1. The molecule has 1 aromatic carbocycles. The normalized spacial score (nSPS) is 23.0. The van der Waals surface area contributed by atoms with Crippen LogP contribution in [0, 0.1) is 0 Å². The maximum atomic E-state index is 5.92. The van der Waals surface area contributed by atoms with Gasteiger partial charge in [-0.2, -0.15) is 0 Å². The van der Waals surface area contributed by atoms with Crippen LogP contribution in [0.4, 0.5) is 5.69 Å². The van der Waals surface area contributed by atoms with Gasteiger partial charge in [0.2, 0.25) is 0 Å². The van der Waals surface area contributed by atoms with Crippen LogP contribution in [0.25, 0.3) is 11.0 Å². The lowest BCUT2D eigenvalue weighted by Crippen LogP contribution is -2.21. The van der Waals surface area contributed by atoms with Crippen LogP contribution in [0.15, 0.2) is 18.2 Å². The fourth-order valence-electron chi connectivity index (χ4n) is 3.38. The third kappa shape index (κ3) is 2.53. The number of benzene rings is 1. The van der Waals surface area contributed by atoms with Gasteiger partial charge in [-0.15, -0.1) is 0 Å². The van der Waals surface area contributed by atoms with Crippen LogP contribution in [-0.2, 0) is 10.2 Å². The van der Waals surface area contributed by atoms with Gasteiger partial charge in [0.1, 0.15) is 5.82 Å². The minimum atomic E-state index is 0.0128. The van der Waals surface area contributed by atoms with Crippen molar-refractivity contribution in [3.63, 3.8) is 0 Å². The predicted octanol–water partition coefficient (Wildman–Crippen LogP) is 3.66. The Labute approximate surface area is 126 Å². The number of methoxy groups -OCH3 is 1. The van der Waals surface area contributed by atoms with Gasteiger partial charge in [0.05, 0.1) is 17.1 Å². The molecule has 4 nitrogen and oxygen atoms in total. The molecule has 114 valence electrons. The van der Waals surface area contributed by atoms with E-state index in [2.05, 4.69) is 31.4 Å². The molecule has 4 heteroatoms. The third-order valence-electron chi connectivity index (χ3n) is 4.44. The van der Waals surface area contributed by atoms with Crippen molar-refractivity contribution >= 4 is 16.7 Å². The van der Waals surface area contributed by atoms with Gasteiger partial charge in [0, 0.05) is 24.3 Å². The molecule has 3 rings (SSSR count). The number of nitrogen functional groups attached to an aromatic ring is 1. The van der Waals surface area contributed by atoms with Crippen LogP contribution in [0.1, 0.15) is 51.9 Å². The first kappa shape index (κ1) is 14.4. The minimum Gasteiger partial charge on any atom is -0.399 e. The molecule has 2 N–H and O–H groups in total. The van der Waals surface area contributed by atoms with Crippen molar-refractivity contribution in [2.24, 2.45) is 0 Å². The first-order valence-electron chi connectivity index (χ1n) is 7.71. The average molecular weight is 287 g/mol. The van der Waals surface area contributed by atoms with E-state index in [0.29, 0.717) is 12.1 Å². The van der Waals surface area contributed by atoms with Crippen molar-refractivity contribution in [1.82, 2.24) is 9.55 Å². The van der Waals surface area contributed by atoms with Crippen molar-refractivity contribution in [3.8, 4) is 0 Å². The van der Waals surface area contributed by atoms with E-state index in [-0.39, 0.29) is 5.41 Å². The molecule has 21 heavy (non-hydrogen) atoms. The van der Waals surface area contributed by atoms with Crippen LogP contribution >= 0.6 is 0 Å². The number of hydrogen-bond donors (Lipinski definition) is 1. The Balaban J connectivity index is 2.14. The number of ether oxygens (including phenoxy) is 1. The zero-order chi connectivity index (χ0) is 15.2. The van der Waals surface area contributed by atoms with Gasteiger partial charge >= 0.3 is 0 Å². The van der Waals surface area contributed by atoms with Crippen LogP contribution in [0.5, 0.6) is 0 Å². The van der Waals surface area contributed by atoms with E-state index in [1.54, 1.807) is 0 Å². The van der Waals surface area contributed by atoms with Crippen molar-refractivity contribution in [2.75, 3.05) is 12.8 Å². The van der Waals surface area contributed by atoms with Crippen LogP contribution in [0.3, 0.4) is 0 Å². The third-order valence-corrected chi connectivity index (χ3v) is 4.44. The Bertz CT molecular complexity index is 654. The molecule has 1 aliphatic rings. The van der Waals surface area contributed by atoms with Crippen LogP contribution in [-0.4, -0.2) is 22.8 Å². The molecule has 1 saturated carbocycles. The molecule has 0 bridgehead atoms. The number of rotatable bonds is 2. The first-order valence-corrected chi connectivity index (χ1v) is 7.71. The summed E-state index contributed by atoms with van der Waals surface area (Å²) in [5.74, 6) is 1.14. The zero-order valence-electron chi connectivity index (χ0n) is 13.4. The van der Waals surface area contributed by atoms with Gasteiger partial charge in [0.25, 0.3) is 0 Å². The Morgan fingerprint density at radius 3 is 2.67 bits per heavy atom. The Kier molecular flexibility index (Phi) is 3.44. The molecule has 1 aliphatic carbocycles. The molecule has 2 aromatic rings. The SMILES string of the molecule is COC1CCC(n2c(C(C)(C)C)nc3cc(N)ccc32)C1. The summed E-state index contributed by atoms with van der Waals surface area (Å²) in [4.78, 5) is 4.88. The van der Waals surface area contributed by atoms with E-state index in [9.17, 15) is 0 Å². The Morgan fingerprint density at radius 1 is 1.29 bits per heavy atom. The molecule has 1 heterocycles. The van der Waals surface area contributed by atoms with Crippen molar-refractivity contribution in [1.29, 1.82) is 0 Å². The van der Waals surface area contributed by atoms with Crippen molar-refractivity contribution < 1.29 is 4.74 Å². The maximum Gasteiger partial charge on any atom is 0.115 e. The summed E-state index contributed by atoms with van der Waals surface area (Å²) in [5, 5.41) is 0. The number of aromatic nitrogens is 2. The molecule has 1 aromatic heterocycles. The van der Waals surface area contributed by atoms with Crippen LogP contribution in [0.2, 0.25) is 0 Å². The molecule has 2 atom stereocenters. The summed E-state index contributed by atoms with van der Waals surface area (Å²) in [5.41, 5.74) is 8.90. The van der Waals surface area contributed by atoms with E-state index in [1.807, 2.05) is 19.2 Å². The van der Waals surface area contributed by atoms with Crippen LogP contribution < -0.4 is 5.73 Å². The van der Waals surface area contributed by atoms with E-state index in [1.165, 1.54) is 5.52 Å². The lowest BCUT2D eigenvalue weighted by Gasteiger charge is -2.24. The standard InChI is InChI=1S/C17H25N3O/c1-17(2,3)16-19-14-9-11(18)5-8-15(14)20(16)12-6-7-13(10-12)21-4/h5,8-9,12-13H,6-7,10,18H2,1-4H3. The Hall–Kier alpha value is -1.55. The predicted molar refractivity (Wildman–Crippen MR) is 86.5 cm³/mol. The lowest BCUT2D eigenvalue weighted by molar-refractivity contribution is 0.106. The number of nitrogens with two attached hydrogens (primary N) is 1. The van der Waals surface area contributed by atoms with Gasteiger partial charge in [-0.25, -0.2) is 4.98 Å². The summed E-state index contributed by atoms with van der Waals surface area (Å²) in [6, 6.07) is 6.52. The topological polar surface area (TPSA) is 53.1 Å². The molecule has 0 radical (unpaired) electrons. The number of hydrogen-bond acceptors (Lipinski definition) is 3. The lowest BCUT2D eigenvalue weighted by atomic mass is 9.95. The minimum absolute atomic E-state index is 0.0128. The Morgan fingerprint density at radius 2 is 2.05 bits per heavy atom. The highest BCUT2D eigenvalue weighted by Crippen LogP contribution is 2.38. The van der Waals surface area contributed by atoms with Gasteiger partial charge in [-0.3, -0.25) is 0 Å². The second kappa shape index (κ2) is 5.02. The molecule has 0 amide bonds. The van der Waals surface area contributed by atoms with E-state index in [4.69, 9.17) is 15.5 Å². The summed E-state index contributed by atoms with van der Waals surface area (Å²) >= 11 is 0. The highest BCUT2D eigenvalue weighted by Gasteiger charge is 2.32. The second-order valence-electron chi connectivity index (χ2n) is 7.13. The first-order chi connectivity index (χ1) is 9.90. The summed E-state index contributed by atoms with van der Waals surface area (Å²) in [6.07, 6.45) is 3.71. The van der Waals surface area contributed by atoms with Gasteiger partial charge in [-0.05, 0) is 37.5 Å². The van der Waals surface area contributed by atoms with Gasteiger partial charge < -0.3 is 15.0 Å². The number of fused-ring (bicyclic) bond motifs is 1. The quantitative estimate of drug-likeness (QED) is 0.858. The highest BCUT2D eigenvalue weighted by molar-refractivity contribution is 5.80. The van der Waals surface area contributed by atoms with E-state index >= 15 is 0 Å². The number of nitrogens with zero attached hydrogens (tertiary/aromatic N) is 2. The number of anilines is 1. The summed E-state index contributed by atoms with van der Waals surface area (Å²) < 4.78 is 7.97. The highest BCUT2D eigenvalue weighted by atomic mass is 16.5. The fourth-order valence-corrected chi connectivity index (χ4v) is 3.38. The molecular formula is C17H25N3O. The van der Waals surface area contributed by atoms with Crippen molar-refractivity contribution in [3.05, 3.63) is 24.0 Å². The largest absolute Gasteiger partial charge is 0.399 e. The average Bonchev–Trinajstić information content (AvgIpc) is 3.00. The molecule has 2 unspecified atom stereocenters. The van der Waals surface area contributed by atoms with Gasteiger partial charge in [0.15, 0.2) is 0 Å². The monoisotopic (exact) mass is 287 g/mol. The molecule has 0 aliphatic heterocycles. The van der Waals surface area contributed by atoms with E-state index in [0.717, 1.165) is 36.3 Å². The molecule has 1 fully saturated rings. The molecular weight excluding hydrogens is 262 g/mol. The summed E-state index contributed by atoms with van der Waals surface area (Å²) in [7, 11) is 1.81. The second-order valence-corrected chi connectivity index (χ2v) is 7.13. The van der Waals surface area contributed by atoms with Crippen molar-refractivity contribution in [2.45, 2.75) is 57.6 Å². The maximum absolute atomic E-state index is 5.92. The van der Waals surface area contributed by atoms with Gasteiger partial charge in [-0.1, -0.05) is 20.8 Å². The summed E-state index contributed by atoms with van der Waals surface area (Å²) in [6.45, 7) is 6.66. The smallest absolute Gasteiger partial charge is 0.115 e. The molecule has 0 saturated heterocycles. The fraction of sp³-hybridized carbons (Fsp3) is 0.588.